The lowest BCUT2D eigenvalue weighted by Gasteiger charge is -2.53. The van der Waals surface area contributed by atoms with E-state index in [2.05, 4.69) is 48.6 Å². The quantitative estimate of drug-likeness (QED) is 0.528. The Balaban J connectivity index is 1.20. The van der Waals surface area contributed by atoms with Gasteiger partial charge in [0.05, 0.1) is 32.1 Å². The molecule has 0 N–H and O–H groups in total. The SMILES string of the molecule is COc1ccc(CN2CCC(N3C[C@H](OC)[C@@H]3c3cccnc3)CC2)cc1Cn1ccnc1. The second-order valence-corrected chi connectivity index (χ2v) is 9.09. The van der Waals surface area contributed by atoms with Crippen molar-refractivity contribution >= 4 is 0 Å². The molecule has 2 saturated heterocycles. The number of piperidine rings is 1. The van der Waals surface area contributed by atoms with Crippen molar-refractivity contribution in [1.82, 2.24) is 24.3 Å². The summed E-state index contributed by atoms with van der Waals surface area (Å²) in [7, 11) is 3.56. The van der Waals surface area contributed by atoms with E-state index in [-0.39, 0.29) is 6.10 Å². The summed E-state index contributed by atoms with van der Waals surface area (Å²) in [5.41, 5.74) is 3.79. The third-order valence-corrected chi connectivity index (χ3v) is 7.12. The van der Waals surface area contributed by atoms with Gasteiger partial charge in [0.25, 0.3) is 0 Å². The van der Waals surface area contributed by atoms with Crippen LogP contribution in [0, 0.1) is 0 Å². The number of benzene rings is 1. The molecule has 1 aromatic carbocycles. The van der Waals surface area contributed by atoms with Crippen LogP contribution in [0.4, 0.5) is 0 Å². The molecule has 2 aliphatic heterocycles. The van der Waals surface area contributed by atoms with Crippen LogP contribution in [0.5, 0.6) is 5.75 Å². The van der Waals surface area contributed by atoms with E-state index < -0.39 is 0 Å². The minimum atomic E-state index is 0.264. The number of hydrogen-bond donors (Lipinski definition) is 0. The van der Waals surface area contributed by atoms with Crippen molar-refractivity contribution in [3.05, 3.63) is 78.1 Å². The summed E-state index contributed by atoms with van der Waals surface area (Å²) >= 11 is 0. The number of imidazole rings is 1. The molecule has 0 radical (unpaired) electrons. The van der Waals surface area contributed by atoms with Crippen LogP contribution in [0.1, 0.15) is 35.6 Å². The van der Waals surface area contributed by atoms with Crippen molar-refractivity contribution in [3.8, 4) is 5.75 Å². The first-order chi connectivity index (χ1) is 16.2. The molecule has 0 amide bonds. The maximum Gasteiger partial charge on any atom is 0.123 e. The third-order valence-electron chi connectivity index (χ3n) is 7.12. The van der Waals surface area contributed by atoms with Gasteiger partial charge in [-0.25, -0.2) is 4.98 Å². The fourth-order valence-corrected chi connectivity index (χ4v) is 5.33. The van der Waals surface area contributed by atoms with Gasteiger partial charge < -0.3 is 14.0 Å². The number of rotatable bonds is 8. The van der Waals surface area contributed by atoms with Gasteiger partial charge in [-0.1, -0.05) is 12.1 Å². The zero-order chi connectivity index (χ0) is 22.6. The lowest BCUT2D eigenvalue weighted by molar-refractivity contribution is -0.117. The average molecular weight is 448 g/mol. The molecule has 0 bridgehead atoms. The number of likely N-dealkylation sites (tertiary alicyclic amines) is 2. The molecule has 33 heavy (non-hydrogen) atoms. The molecule has 0 unspecified atom stereocenters. The number of nitrogens with zero attached hydrogens (tertiary/aromatic N) is 5. The first-order valence-corrected chi connectivity index (χ1v) is 11.8. The Kier molecular flexibility index (Phi) is 6.71. The molecule has 2 fully saturated rings. The maximum absolute atomic E-state index is 5.75. The standard InChI is InChI=1S/C26H33N5O2/c1-32-24-6-5-20(14-22(24)17-30-13-10-28-19-30)16-29-11-7-23(8-12-29)31-18-25(33-2)26(31)21-4-3-9-27-15-21/h3-6,9-10,13-15,19,23,25-26H,7-8,11-12,16-18H2,1-2H3/t25-,26-/m0/s1. The molecular formula is C26H33N5O2. The Bertz CT molecular complexity index is 1020. The zero-order valence-electron chi connectivity index (χ0n) is 19.5. The predicted octanol–water partition coefficient (Wildman–Crippen LogP) is 3.37. The highest BCUT2D eigenvalue weighted by Crippen LogP contribution is 2.39. The highest BCUT2D eigenvalue weighted by atomic mass is 16.5. The van der Waals surface area contributed by atoms with Gasteiger partial charge in [0.1, 0.15) is 5.75 Å². The van der Waals surface area contributed by atoms with Gasteiger partial charge in [-0.3, -0.25) is 14.8 Å². The zero-order valence-corrected chi connectivity index (χ0v) is 19.5. The molecule has 2 aromatic heterocycles. The van der Waals surface area contributed by atoms with Crippen molar-refractivity contribution in [2.24, 2.45) is 0 Å². The Morgan fingerprint density at radius 2 is 1.91 bits per heavy atom. The van der Waals surface area contributed by atoms with Gasteiger partial charge in [0.15, 0.2) is 0 Å². The van der Waals surface area contributed by atoms with Crippen LogP contribution < -0.4 is 4.74 Å². The molecule has 3 aromatic rings. The molecule has 7 nitrogen and oxygen atoms in total. The van der Waals surface area contributed by atoms with Gasteiger partial charge in [-0.2, -0.15) is 0 Å². The smallest absolute Gasteiger partial charge is 0.123 e. The summed E-state index contributed by atoms with van der Waals surface area (Å²) in [6.45, 7) is 4.98. The Hall–Kier alpha value is -2.74. The lowest BCUT2D eigenvalue weighted by Crippen LogP contribution is -2.60. The Morgan fingerprint density at radius 1 is 1.03 bits per heavy atom. The molecule has 4 heterocycles. The van der Waals surface area contributed by atoms with Crippen molar-refractivity contribution in [2.75, 3.05) is 33.9 Å². The van der Waals surface area contributed by atoms with E-state index in [0.29, 0.717) is 12.1 Å². The normalized spacial score (nSPS) is 22.2. The average Bonchev–Trinajstić information content (AvgIpc) is 3.34. The van der Waals surface area contributed by atoms with Crippen LogP contribution >= 0.6 is 0 Å². The van der Waals surface area contributed by atoms with Crippen molar-refractivity contribution in [3.63, 3.8) is 0 Å². The van der Waals surface area contributed by atoms with Crippen LogP contribution in [0.2, 0.25) is 0 Å². The summed E-state index contributed by atoms with van der Waals surface area (Å²) in [6.07, 6.45) is 12.1. The predicted molar refractivity (Wildman–Crippen MR) is 127 cm³/mol. The minimum Gasteiger partial charge on any atom is -0.496 e. The van der Waals surface area contributed by atoms with Crippen LogP contribution in [0.15, 0.2) is 61.4 Å². The van der Waals surface area contributed by atoms with Gasteiger partial charge in [-0.15, -0.1) is 0 Å². The number of aromatic nitrogens is 3. The van der Waals surface area contributed by atoms with Crippen LogP contribution in [-0.2, 0) is 17.8 Å². The van der Waals surface area contributed by atoms with Gasteiger partial charge in [0, 0.05) is 56.6 Å². The number of ether oxygens (including phenoxy) is 2. The first-order valence-electron chi connectivity index (χ1n) is 11.8. The highest BCUT2D eigenvalue weighted by Gasteiger charge is 2.44. The highest BCUT2D eigenvalue weighted by molar-refractivity contribution is 5.37. The second-order valence-electron chi connectivity index (χ2n) is 9.09. The third kappa shape index (κ3) is 4.81. The molecular weight excluding hydrogens is 414 g/mol. The van der Waals surface area contributed by atoms with Crippen LogP contribution in [0.3, 0.4) is 0 Å². The summed E-state index contributed by atoms with van der Waals surface area (Å²) in [6, 6.07) is 11.7. The molecule has 0 aliphatic carbocycles. The Morgan fingerprint density at radius 3 is 2.61 bits per heavy atom. The maximum atomic E-state index is 5.75. The van der Waals surface area contributed by atoms with E-state index >= 15 is 0 Å². The fraction of sp³-hybridized carbons (Fsp3) is 0.462. The van der Waals surface area contributed by atoms with E-state index in [1.165, 1.54) is 29.5 Å². The second kappa shape index (κ2) is 10.0. The van der Waals surface area contributed by atoms with E-state index in [4.69, 9.17) is 9.47 Å². The van der Waals surface area contributed by atoms with Gasteiger partial charge >= 0.3 is 0 Å². The largest absolute Gasteiger partial charge is 0.496 e. The topological polar surface area (TPSA) is 55.6 Å². The molecule has 0 spiro atoms. The van der Waals surface area contributed by atoms with E-state index in [0.717, 1.165) is 38.5 Å². The summed E-state index contributed by atoms with van der Waals surface area (Å²) < 4.78 is 13.4. The summed E-state index contributed by atoms with van der Waals surface area (Å²) in [5.74, 6) is 0.929. The van der Waals surface area contributed by atoms with Crippen LogP contribution in [0.25, 0.3) is 0 Å². The Labute approximate surface area is 196 Å². The van der Waals surface area contributed by atoms with Crippen molar-refractivity contribution in [2.45, 2.75) is 44.1 Å². The minimum absolute atomic E-state index is 0.264. The van der Waals surface area contributed by atoms with Crippen LogP contribution in [-0.4, -0.2) is 70.3 Å². The fourth-order valence-electron chi connectivity index (χ4n) is 5.33. The van der Waals surface area contributed by atoms with E-state index in [1.54, 1.807) is 7.11 Å². The number of hydrogen-bond acceptors (Lipinski definition) is 6. The molecule has 7 heteroatoms. The molecule has 0 saturated carbocycles. The van der Waals surface area contributed by atoms with Crippen molar-refractivity contribution < 1.29 is 9.47 Å². The first kappa shape index (κ1) is 22.1. The van der Waals surface area contributed by atoms with Gasteiger partial charge in [-0.05, 0) is 55.3 Å². The number of pyridine rings is 1. The molecule has 5 rings (SSSR count). The molecule has 174 valence electrons. The van der Waals surface area contributed by atoms with E-state index in [1.807, 2.05) is 44.3 Å². The summed E-state index contributed by atoms with van der Waals surface area (Å²) in [4.78, 5) is 13.7. The van der Waals surface area contributed by atoms with E-state index in [9.17, 15) is 0 Å². The van der Waals surface area contributed by atoms with Crippen molar-refractivity contribution in [1.29, 1.82) is 0 Å². The summed E-state index contributed by atoms with van der Waals surface area (Å²) in [5, 5.41) is 0. The monoisotopic (exact) mass is 447 g/mol. The lowest BCUT2D eigenvalue weighted by atomic mass is 9.87. The van der Waals surface area contributed by atoms with Gasteiger partial charge in [0.2, 0.25) is 0 Å². The molecule has 2 aliphatic rings. The number of methoxy groups -OCH3 is 2. The molecule has 2 atom stereocenters.